The number of carboxylic acids is 2. The quantitative estimate of drug-likeness (QED) is 0.205. The summed E-state index contributed by atoms with van der Waals surface area (Å²) in [5.41, 5.74) is 5.32. The van der Waals surface area contributed by atoms with Crippen molar-refractivity contribution in [2.24, 2.45) is 5.73 Å². The summed E-state index contributed by atoms with van der Waals surface area (Å²) in [6.07, 6.45) is 13.3. The van der Waals surface area contributed by atoms with E-state index < -0.39 is 18.0 Å². The molecule has 0 spiro atoms. The van der Waals surface area contributed by atoms with E-state index in [1.165, 1.54) is 32.1 Å². The number of carbonyl (C=O) groups excluding carboxylic acids is 2. The van der Waals surface area contributed by atoms with Gasteiger partial charge < -0.3 is 21.3 Å². The van der Waals surface area contributed by atoms with E-state index in [0.29, 0.717) is 6.42 Å². The zero-order chi connectivity index (χ0) is 22.6. The highest BCUT2D eigenvalue weighted by molar-refractivity contribution is 5.90. The standard InChI is InChI=1S/C22H40N2O6/c23-17-19(25)18(15-16-22(29)30)24-20(26)13-11-9-7-5-3-1-2-4-6-8-10-12-14-21(27)28/h18H,1-17,23H2,(H,24,26)(H,27,28)(H,29,30)/t18-/m0/s1. The van der Waals surface area contributed by atoms with Gasteiger partial charge in [-0.05, 0) is 19.3 Å². The van der Waals surface area contributed by atoms with Gasteiger partial charge in [-0.2, -0.15) is 0 Å². The second kappa shape index (κ2) is 19.0. The molecule has 0 heterocycles. The van der Waals surface area contributed by atoms with E-state index >= 15 is 0 Å². The highest BCUT2D eigenvalue weighted by Gasteiger charge is 2.20. The lowest BCUT2D eigenvalue weighted by atomic mass is 10.0. The van der Waals surface area contributed by atoms with Gasteiger partial charge in [0.2, 0.25) is 5.91 Å². The van der Waals surface area contributed by atoms with Crippen molar-refractivity contribution in [3.63, 3.8) is 0 Å². The number of aliphatic carboxylic acids is 2. The molecule has 0 rings (SSSR count). The highest BCUT2D eigenvalue weighted by Crippen LogP contribution is 2.13. The molecule has 0 fully saturated rings. The summed E-state index contributed by atoms with van der Waals surface area (Å²) in [5.74, 6) is -2.28. The monoisotopic (exact) mass is 428 g/mol. The molecule has 1 amide bonds. The minimum absolute atomic E-state index is 0.0689. The average molecular weight is 429 g/mol. The third kappa shape index (κ3) is 18.1. The number of unbranched alkanes of at least 4 members (excludes halogenated alkanes) is 11. The molecule has 174 valence electrons. The lowest BCUT2D eigenvalue weighted by Crippen LogP contribution is -2.43. The number of nitrogens with one attached hydrogen (secondary N) is 1. The van der Waals surface area contributed by atoms with Gasteiger partial charge in [0.05, 0.1) is 12.6 Å². The Hall–Kier alpha value is -1.96. The van der Waals surface area contributed by atoms with Crippen molar-refractivity contribution in [2.75, 3.05) is 6.54 Å². The molecule has 0 aliphatic rings. The van der Waals surface area contributed by atoms with Crippen LogP contribution in [-0.2, 0) is 19.2 Å². The number of carbonyl (C=O) groups is 4. The molecule has 1 atom stereocenters. The van der Waals surface area contributed by atoms with Gasteiger partial charge >= 0.3 is 11.9 Å². The topological polar surface area (TPSA) is 147 Å². The van der Waals surface area contributed by atoms with Gasteiger partial charge in [-0.25, -0.2) is 0 Å². The summed E-state index contributed by atoms with van der Waals surface area (Å²) in [7, 11) is 0. The van der Waals surface area contributed by atoms with Gasteiger partial charge in [-0.3, -0.25) is 19.2 Å². The second-order valence-corrected chi connectivity index (χ2v) is 7.86. The SMILES string of the molecule is NCC(=O)[C@H](CCC(=O)O)NC(=O)CCCCCCCCCCCCCCC(=O)O. The maximum absolute atomic E-state index is 12.0. The molecule has 0 unspecified atom stereocenters. The van der Waals surface area contributed by atoms with Crippen LogP contribution in [0.1, 0.15) is 103 Å². The number of ketones is 1. The molecule has 0 radical (unpaired) electrons. The fourth-order valence-electron chi connectivity index (χ4n) is 3.32. The van der Waals surface area contributed by atoms with Crippen LogP contribution >= 0.6 is 0 Å². The van der Waals surface area contributed by atoms with E-state index in [1.54, 1.807) is 0 Å². The Morgan fingerprint density at radius 3 is 1.43 bits per heavy atom. The third-order valence-electron chi connectivity index (χ3n) is 5.12. The number of hydrogen-bond donors (Lipinski definition) is 4. The number of hydrogen-bond acceptors (Lipinski definition) is 5. The van der Waals surface area contributed by atoms with Crippen molar-refractivity contribution in [2.45, 2.75) is 109 Å². The van der Waals surface area contributed by atoms with Crippen molar-refractivity contribution in [3.8, 4) is 0 Å². The smallest absolute Gasteiger partial charge is 0.303 e. The van der Waals surface area contributed by atoms with Crippen LogP contribution < -0.4 is 11.1 Å². The van der Waals surface area contributed by atoms with E-state index in [-0.39, 0.29) is 37.5 Å². The van der Waals surface area contributed by atoms with E-state index in [1.807, 2.05) is 0 Å². The van der Waals surface area contributed by atoms with E-state index in [0.717, 1.165) is 44.9 Å². The molecular weight excluding hydrogens is 388 g/mol. The molecule has 30 heavy (non-hydrogen) atoms. The predicted molar refractivity (Wildman–Crippen MR) is 115 cm³/mol. The Bertz CT molecular complexity index is 510. The molecule has 0 aliphatic heterocycles. The average Bonchev–Trinajstić information content (AvgIpc) is 2.70. The summed E-state index contributed by atoms with van der Waals surface area (Å²) in [6, 6.07) is -0.809. The molecule has 0 aliphatic carbocycles. The Balaban J connectivity index is 3.58. The Morgan fingerprint density at radius 2 is 1.03 bits per heavy atom. The summed E-state index contributed by atoms with van der Waals surface area (Å²) < 4.78 is 0. The van der Waals surface area contributed by atoms with Crippen molar-refractivity contribution in [1.29, 1.82) is 0 Å². The second-order valence-electron chi connectivity index (χ2n) is 7.86. The Labute approximate surface area is 180 Å². The number of nitrogens with two attached hydrogens (primary N) is 1. The van der Waals surface area contributed by atoms with Gasteiger partial charge in [-0.1, -0.05) is 64.2 Å². The van der Waals surface area contributed by atoms with Crippen LogP contribution in [0.4, 0.5) is 0 Å². The van der Waals surface area contributed by atoms with E-state index in [4.69, 9.17) is 15.9 Å². The van der Waals surface area contributed by atoms with Crippen LogP contribution in [-0.4, -0.2) is 46.4 Å². The first-order valence-electron chi connectivity index (χ1n) is 11.3. The van der Waals surface area contributed by atoms with Crippen LogP contribution in [0, 0.1) is 0 Å². The molecule has 8 heteroatoms. The fourth-order valence-corrected chi connectivity index (χ4v) is 3.32. The first-order valence-corrected chi connectivity index (χ1v) is 11.3. The molecule has 0 saturated heterocycles. The summed E-state index contributed by atoms with van der Waals surface area (Å²) in [5, 5.41) is 19.9. The molecule has 0 aromatic carbocycles. The van der Waals surface area contributed by atoms with Crippen molar-refractivity contribution < 1.29 is 29.4 Å². The lowest BCUT2D eigenvalue weighted by molar-refractivity contribution is -0.138. The first kappa shape index (κ1) is 28.0. The molecule has 5 N–H and O–H groups in total. The lowest BCUT2D eigenvalue weighted by Gasteiger charge is -2.16. The zero-order valence-corrected chi connectivity index (χ0v) is 18.2. The number of rotatable bonds is 21. The van der Waals surface area contributed by atoms with Gasteiger partial charge in [0, 0.05) is 19.3 Å². The number of amides is 1. The normalized spacial score (nSPS) is 11.8. The first-order chi connectivity index (χ1) is 14.4. The van der Waals surface area contributed by atoms with Crippen LogP contribution in [0.5, 0.6) is 0 Å². The fraction of sp³-hybridized carbons (Fsp3) is 0.818. The Morgan fingerprint density at radius 1 is 0.633 bits per heavy atom. The molecule has 0 aromatic heterocycles. The van der Waals surface area contributed by atoms with Gasteiger partial charge in [-0.15, -0.1) is 0 Å². The van der Waals surface area contributed by atoms with Crippen molar-refractivity contribution in [3.05, 3.63) is 0 Å². The number of carboxylic acid groups (broad SMARTS) is 2. The summed E-state index contributed by atoms with van der Waals surface area (Å²) in [4.78, 5) is 44.8. The molecular formula is C22H40N2O6. The minimum atomic E-state index is -1.00. The predicted octanol–water partition coefficient (Wildman–Crippen LogP) is 3.41. The van der Waals surface area contributed by atoms with E-state index in [9.17, 15) is 19.2 Å². The van der Waals surface area contributed by atoms with Crippen LogP contribution in [0.25, 0.3) is 0 Å². The third-order valence-corrected chi connectivity index (χ3v) is 5.12. The van der Waals surface area contributed by atoms with Crippen LogP contribution in [0.15, 0.2) is 0 Å². The van der Waals surface area contributed by atoms with E-state index in [2.05, 4.69) is 5.32 Å². The maximum atomic E-state index is 12.0. The van der Waals surface area contributed by atoms with Crippen LogP contribution in [0.2, 0.25) is 0 Å². The molecule has 0 saturated carbocycles. The summed E-state index contributed by atoms with van der Waals surface area (Å²) in [6.45, 7) is -0.213. The van der Waals surface area contributed by atoms with Crippen LogP contribution in [0.3, 0.4) is 0 Å². The minimum Gasteiger partial charge on any atom is -0.481 e. The van der Waals surface area contributed by atoms with Crippen molar-refractivity contribution >= 4 is 23.6 Å². The maximum Gasteiger partial charge on any atom is 0.303 e. The van der Waals surface area contributed by atoms with Gasteiger partial charge in [0.1, 0.15) is 0 Å². The van der Waals surface area contributed by atoms with Gasteiger partial charge in [0.15, 0.2) is 5.78 Å². The largest absolute Gasteiger partial charge is 0.481 e. The molecule has 0 aromatic rings. The van der Waals surface area contributed by atoms with Crippen molar-refractivity contribution in [1.82, 2.24) is 5.32 Å². The summed E-state index contributed by atoms with van der Waals surface area (Å²) >= 11 is 0. The Kier molecular flexibility index (Phi) is 17.8. The highest BCUT2D eigenvalue weighted by atomic mass is 16.4. The zero-order valence-electron chi connectivity index (χ0n) is 18.2. The molecule has 8 nitrogen and oxygen atoms in total. The number of Topliss-reactive ketones (excluding diaryl/α,β-unsaturated/α-hetero) is 1. The van der Waals surface area contributed by atoms with Gasteiger partial charge in [0.25, 0.3) is 0 Å². The molecule has 0 bridgehead atoms.